The van der Waals surface area contributed by atoms with Crippen LogP contribution in [0, 0.1) is 13.8 Å². The molecule has 0 saturated heterocycles. The summed E-state index contributed by atoms with van der Waals surface area (Å²) in [5.74, 6) is 0.859. The molecule has 1 rings (SSSR count). The standard InChI is InChI=1S/C13H23N3O/c1-10(2)17-8-6-5-7-14-13-9-15-11(3)12(4)16-13/h9-10H,5-8H2,1-4H3,(H,14,16). The van der Waals surface area contributed by atoms with Crippen LogP contribution in [-0.4, -0.2) is 29.2 Å². The van der Waals surface area contributed by atoms with Crippen molar-refractivity contribution in [2.75, 3.05) is 18.5 Å². The molecule has 17 heavy (non-hydrogen) atoms. The number of hydrogen-bond donors (Lipinski definition) is 1. The summed E-state index contributed by atoms with van der Waals surface area (Å²) >= 11 is 0. The third kappa shape index (κ3) is 5.63. The predicted molar refractivity (Wildman–Crippen MR) is 70.3 cm³/mol. The van der Waals surface area contributed by atoms with Crippen molar-refractivity contribution in [1.82, 2.24) is 9.97 Å². The van der Waals surface area contributed by atoms with Crippen LogP contribution in [-0.2, 0) is 4.74 Å². The molecule has 0 saturated carbocycles. The number of hydrogen-bond acceptors (Lipinski definition) is 4. The molecular weight excluding hydrogens is 214 g/mol. The minimum absolute atomic E-state index is 0.327. The molecule has 0 bridgehead atoms. The van der Waals surface area contributed by atoms with Crippen LogP contribution in [0.1, 0.15) is 38.1 Å². The van der Waals surface area contributed by atoms with Crippen molar-refractivity contribution >= 4 is 5.82 Å². The Hall–Kier alpha value is -1.16. The van der Waals surface area contributed by atoms with Crippen LogP contribution in [0.4, 0.5) is 5.82 Å². The highest BCUT2D eigenvalue weighted by Gasteiger charge is 1.98. The summed E-state index contributed by atoms with van der Waals surface area (Å²) in [6, 6.07) is 0. The number of ether oxygens (including phenoxy) is 1. The number of rotatable bonds is 7. The maximum absolute atomic E-state index is 5.47. The van der Waals surface area contributed by atoms with Gasteiger partial charge in [0.2, 0.25) is 0 Å². The first-order valence-electron chi connectivity index (χ1n) is 6.25. The molecule has 0 aliphatic rings. The first kappa shape index (κ1) is 13.9. The van der Waals surface area contributed by atoms with Crippen molar-refractivity contribution in [2.24, 2.45) is 0 Å². The van der Waals surface area contributed by atoms with Crippen molar-refractivity contribution < 1.29 is 4.74 Å². The highest BCUT2D eigenvalue weighted by molar-refractivity contribution is 5.32. The second kappa shape index (κ2) is 7.22. The molecule has 96 valence electrons. The Morgan fingerprint density at radius 3 is 2.65 bits per heavy atom. The molecule has 0 amide bonds. The fraction of sp³-hybridized carbons (Fsp3) is 0.692. The zero-order valence-corrected chi connectivity index (χ0v) is 11.3. The summed E-state index contributed by atoms with van der Waals surface area (Å²) in [7, 11) is 0. The van der Waals surface area contributed by atoms with Crippen LogP contribution in [0.15, 0.2) is 6.20 Å². The predicted octanol–water partition coefficient (Wildman–Crippen LogP) is 2.71. The van der Waals surface area contributed by atoms with Crippen molar-refractivity contribution in [3.05, 3.63) is 17.6 Å². The fourth-order valence-corrected chi connectivity index (χ4v) is 1.39. The van der Waals surface area contributed by atoms with E-state index in [0.717, 1.165) is 43.2 Å². The molecule has 0 unspecified atom stereocenters. The lowest BCUT2D eigenvalue weighted by Gasteiger charge is -2.08. The third-order valence-electron chi connectivity index (χ3n) is 2.52. The van der Waals surface area contributed by atoms with Gasteiger partial charge in [-0.1, -0.05) is 0 Å². The third-order valence-corrected chi connectivity index (χ3v) is 2.52. The van der Waals surface area contributed by atoms with E-state index in [1.54, 1.807) is 6.20 Å². The van der Waals surface area contributed by atoms with Crippen molar-refractivity contribution in [3.63, 3.8) is 0 Å². The number of aryl methyl sites for hydroxylation is 2. The Bertz CT molecular complexity index is 339. The smallest absolute Gasteiger partial charge is 0.144 e. The van der Waals surface area contributed by atoms with Gasteiger partial charge in [0, 0.05) is 13.2 Å². The lowest BCUT2D eigenvalue weighted by Crippen LogP contribution is -2.08. The first-order chi connectivity index (χ1) is 8.09. The molecule has 1 heterocycles. The first-order valence-corrected chi connectivity index (χ1v) is 6.25. The van der Waals surface area contributed by atoms with E-state index in [0.29, 0.717) is 6.10 Å². The molecule has 1 aromatic rings. The van der Waals surface area contributed by atoms with Crippen molar-refractivity contribution in [1.29, 1.82) is 0 Å². The van der Waals surface area contributed by atoms with Crippen LogP contribution in [0.25, 0.3) is 0 Å². The minimum atomic E-state index is 0.327. The Morgan fingerprint density at radius 1 is 1.24 bits per heavy atom. The second-order valence-corrected chi connectivity index (χ2v) is 4.48. The van der Waals surface area contributed by atoms with Gasteiger partial charge in [0.25, 0.3) is 0 Å². The average molecular weight is 237 g/mol. The van der Waals surface area contributed by atoms with E-state index in [2.05, 4.69) is 29.1 Å². The summed E-state index contributed by atoms with van der Waals surface area (Å²) < 4.78 is 5.47. The Labute approximate surface area is 104 Å². The summed E-state index contributed by atoms with van der Waals surface area (Å²) in [4.78, 5) is 8.68. The van der Waals surface area contributed by atoms with Crippen molar-refractivity contribution in [3.8, 4) is 0 Å². The number of aromatic nitrogens is 2. The molecule has 0 spiro atoms. The van der Waals surface area contributed by atoms with E-state index in [9.17, 15) is 0 Å². The van der Waals surface area contributed by atoms with Crippen LogP contribution < -0.4 is 5.32 Å². The molecule has 1 N–H and O–H groups in total. The van der Waals surface area contributed by atoms with Gasteiger partial charge in [0.15, 0.2) is 0 Å². The lowest BCUT2D eigenvalue weighted by molar-refractivity contribution is 0.0765. The van der Waals surface area contributed by atoms with Gasteiger partial charge in [0.05, 0.1) is 23.7 Å². The van der Waals surface area contributed by atoms with E-state index in [-0.39, 0.29) is 0 Å². The number of unbranched alkanes of at least 4 members (excludes halogenated alkanes) is 1. The van der Waals surface area contributed by atoms with Gasteiger partial charge in [-0.25, -0.2) is 4.98 Å². The number of anilines is 1. The molecule has 0 fully saturated rings. The normalized spacial score (nSPS) is 10.9. The zero-order valence-electron chi connectivity index (χ0n) is 11.3. The maximum atomic E-state index is 5.47. The molecule has 0 radical (unpaired) electrons. The molecule has 0 aliphatic carbocycles. The molecule has 4 nitrogen and oxygen atoms in total. The Morgan fingerprint density at radius 2 is 2.00 bits per heavy atom. The van der Waals surface area contributed by atoms with Crippen LogP contribution in [0.3, 0.4) is 0 Å². The Balaban J connectivity index is 2.16. The number of nitrogens with zero attached hydrogens (tertiary/aromatic N) is 2. The quantitative estimate of drug-likeness (QED) is 0.741. The van der Waals surface area contributed by atoms with Crippen molar-refractivity contribution in [2.45, 2.75) is 46.6 Å². The largest absolute Gasteiger partial charge is 0.379 e. The molecule has 4 heteroatoms. The fourth-order valence-electron chi connectivity index (χ4n) is 1.39. The summed E-state index contributed by atoms with van der Waals surface area (Å²) in [6.07, 6.45) is 4.27. The van der Waals surface area contributed by atoms with Gasteiger partial charge in [-0.15, -0.1) is 0 Å². The molecule has 0 aliphatic heterocycles. The average Bonchev–Trinajstić information content (AvgIpc) is 2.27. The van der Waals surface area contributed by atoms with E-state index in [1.165, 1.54) is 0 Å². The Kier molecular flexibility index (Phi) is 5.91. The monoisotopic (exact) mass is 237 g/mol. The van der Waals surface area contributed by atoms with E-state index < -0.39 is 0 Å². The van der Waals surface area contributed by atoms with Crippen LogP contribution in [0.2, 0.25) is 0 Å². The van der Waals surface area contributed by atoms with Gasteiger partial charge in [-0.2, -0.15) is 0 Å². The van der Waals surface area contributed by atoms with Crippen LogP contribution in [0.5, 0.6) is 0 Å². The maximum Gasteiger partial charge on any atom is 0.144 e. The summed E-state index contributed by atoms with van der Waals surface area (Å²) in [6.45, 7) is 9.81. The molecule has 1 aromatic heterocycles. The minimum Gasteiger partial charge on any atom is -0.379 e. The van der Waals surface area contributed by atoms with Gasteiger partial charge in [-0.3, -0.25) is 4.98 Å². The van der Waals surface area contributed by atoms with E-state index >= 15 is 0 Å². The van der Waals surface area contributed by atoms with Gasteiger partial charge in [0.1, 0.15) is 5.82 Å². The molecule has 0 aromatic carbocycles. The highest BCUT2D eigenvalue weighted by Crippen LogP contribution is 2.05. The lowest BCUT2D eigenvalue weighted by atomic mass is 10.3. The highest BCUT2D eigenvalue weighted by atomic mass is 16.5. The van der Waals surface area contributed by atoms with Gasteiger partial charge in [-0.05, 0) is 40.5 Å². The zero-order chi connectivity index (χ0) is 12.7. The SMILES string of the molecule is Cc1ncc(NCCCCOC(C)C)nc1C. The number of nitrogens with one attached hydrogen (secondary N) is 1. The van der Waals surface area contributed by atoms with Crippen LogP contribution >= 0.6 is 0 Å². The molecular formula is C13H23N3O. The second-order valence-electron chi connectivity index (χ2n) is 4.48. The molecule has 0 atom stereocenters. The van der Waals surface area contributed by atoms with Gasteiger partial charge >= 0.3 is 0 Å². The topological polar surface area (TPSA) is 47.0 Å². The van der Waals surface area contributed by atoms with E-state index in [1.807, 2.05) is 13.8 Å². The van der Waals surface area contributed by atoms with E-state index in [4.69, 9.17) is 4.74 Å². The van der Waals surface area contributed by atoms with Gasteiger partial charge < -0.3 is 10.1 Å². The summed E-state index contributed by atoms with van der Waals surface area (Å²) in [5.41, 5.74) is 1.97. The summed E-state index contributed by atoms with van der Waals surface area (Å²) in [5, 5.41) is 3.27.